The second kappa shape index (κ2) is 3.22. The molecule has 3 rings (SSSR count). The molecule has 2 N–H and O–H groups in total. The highest BCUT2D eigenvalue weighted by molar-refractivity contribution is 7.41. The number of nitrogen functional groups attached to an aromatic ring is 1. The molecule has 0 amide bonds. The van der Waals surface area contributed by atoms with E-state index in [0.717, 1.165) is 13.6 Å². The van der Waals surface area contributed by atoms with Crippen molar-refractivity contribution in [3.05, 3.63) is 48.5 Å². The molecule has 0 saturated heterocycles. The van der Waals surface area contributed by atoms with Gasteiger partial charge in [0.1, 0.15) is 0 Å². The van der Waals surface area contributed by atoms with Crippen molar-refractivity contribution in [3.8, 4) is 0 Å². The Kier molecular flexibility index (Phi) is 1.87. The summed E-state index contributed by atoms with van der Waals surface area (Å²) in [5.74, 6) is 0. The van der Waals surface area contributed by atoms with Crippen molar-refractivity contribution in [1.29, 1.82) is 0 Å². The van der Waals surface area contributed by atoms with E-state index < -0.39 is 0 Å². The SMILES string of the molecule is Nc1pc2ccccc2c2ccccc12. The molecule has 15 heavy (non-hydrogen) atoms. The van der Waals surface area contributed by atoms with Crippen LogP contribution >= 0.6 is 8.19 Å². The standard InChI is InChI=1S/C13H10NP/c14-13-11-7-2-1-5-9(11)10-6-3-4-8-12(10)15-13/h1-8H,14H2. The molecule has 0 unspecified atom stereocenters. The number of hydrogen-bond donors (Lipinski definition) is 1. The number of hydrogen-bond acceptors (Lipinski definition) is 1. The minimum atomic E-state index is 0.948. The van der Waals surface area contributed by atoms with Crippen molar-refractivity contribution in [2.24, 2.45) is 0 Å². The van der Waals surface area contributed by atoms with Crippen LogP contribution in [-0.4, -0.2) is 0 Å². The van der Waals surface area contributed by atoms with Gasteiger partial charge in [-0.2, -0.15) is 0 Å². The number of anilines is 1. The maximum Gasteiger partial charge on any atom is 0.0676 e. The Balaban J connectivity index is 2.64. The average Bonchev–Trinajstić information content (AvgIpc) is 2.30. The van der Waals surface area contributed by atoms with E-state index in [-0.39, 0.29) is 0 Å². The van der Waals surface area contributed by atoms with Crippen molar-refractivity contribution >= 4 is 34.9 Å². The van der Waals surface area contributed by atoms with Crippen LogP contribution < -0.4 is 5.73 Å². The average molecular weight is 211 g/mol. The lowest BCUT2D eigenvalue weighted by atomic mass is 10.1. The molecule has 0 atom stereocenters. The second-order valence-electron chi connectivity index (χ2n) is 3.56. The Morgan fingerprint density at radius 1 is 0.733 bits per heavy atom. The number of fused-ring (bicyclic) bond motifs is 3. The normalized spacial score (nSPS) is 11.5. The Morgan fingerprint density at radius 3 is 2.13 bits per heavy atom. The first-order valence-electron chi connectivity index (χ1n) is 4.89. The number of benzene rings is 2. The summed E-state index contributed by atoms with van der Waals surface area (Å²) < 4.78 is 0. The highest BCUT2D eigenvalue weighted by Gasteiger charge is 2.02. The van der Waals surface area contributed by atoms with E-state index in [1.54, 1.807) is 0 Å². The van der Waals surface area contributed by atoms with E-state index in [1.165, 1.54) is 21.3 Å². The molecule has 1 heterocycles. The summed E-state index contributed by atoms with van der Waals surface area (Å²) in [5.41, 5.74) is 7.01. The lowest BCUT2D eigenvalue weighted by Gasteiger charge is -2.05. The first-order valence-corrected chi connectivity index (χ1v) is 5.79. The molecular weight excluding hydrogens is 201 g/mol. The lowest BCUT2D eigenvalue weighted by molar-refractivity contribution is 1.81. The summed E-state index contributed by atoms with van der Waals surface area (Å²) in [4.78, 5) is 0. The summed E-state index contributed by atoms with van der Waals surface area (Å²) in [7, 11) is 1.13. The van der Waals surface area contributed by atoms with E-state index in [2.05, 4.69) is 42.5 Å². The Labute approximate surface area is 89.6 Å². The van der Waals surface area contributed by atoms with Crippen LogP contribution in [-0.2, 0) is 0 Å². The molecule has 0 aliphatic heterocycles. The van der Waals surface area contributed by atoms with Crippen LogP contribution in [0.3, 0.4) is 0 Å². The Morgan fingerprint density at radius 2 is 1.33 bits per heavy atom. The molecule has 3 aromatic rings. The molecule has 0 aliphatic rings. The van der Waals surface area contributed by atoms with Gasteiger partial charge in [-0.05, 0) is 25.0 Å². The van der Waals surface area contributed by atoms with Crippen LogP contribution in [0.4, 0.5) is 5.42 Å². The smallest absolute Gasteiger partial charge is 0.0676 e. The van der Waals surface area contributed by atoms with Crippen LogP contribution in [0.15, 0.2) is 48.5 Å². The minimum absolute atomic E-state index is 0.948. The van der Waals surface area contributed by atoms with Crippen molar-refractivity contribution in [2.75, 3.05) is 5.73 Å². The minimum Gasteiger partial charge on any atom is -0.395 e. The van der Waals surface area contributed by atoms with Crippen LogP contribution in [0.1, 0.15) is 0 Å². The van der Waals surface area contributed by atoms with E-state index >= 15 is 0 Å². The zero-order chi connectivity index (χ0) is 10.3. The molecule has 0 spiro atoms. The van der Waals surface area contributed by atoms with Gasteiger partial charge in [-0.3, -0.25) is 0 Å². The second-order valence-corrected chi connectivity index (χ2v) is 4.75. The molecule has 1 nitrogen and oxygen atoms in total. The first-order chi connectivity index (χ1) is 7.36. The molecule has 0 saturated carbocycles. The maximum atomic E-state index is 6.07. The van der Waals surface area contributed by atoms with Gasteiger partial charge in [-0.1, -0.05) is 42.5 Å². The predicted molar refractivity (Wildman–Crippen MR) is 68.4 cm³/mol. The Hall–Kier alpha value is -1.59. The summed E-state index contributed by atoms with van der Waals surface area (Å²) in [6.07, 6.45) is 0. The van der Waals surface area contributed by atoms with Crippen molar-refractivity contribution in [1.82, 2.24) is 0 Å². The van der Waals surface area contributed by atoms with Gasteiger partial charge in [0.15, 0.2) is 0 Å². The van der Waals surface area contributed by atoms with Crippen molar-refractivity contribution < 1.29 is 0 Å². The topological polar surface area (TPSA) is 26.0 Å². The number of nitrogens with two attached hydrogens (primary N) is 1. The highest BCUT2D eigenvalue weighted by atomic mass is 31.0. The molecule has 0 bridgehead atoms. The molecule has 0 fully saturated rings. The molecule has 72 valence electrons. The molecule has 2 heteroatoms. The van der Waals surface area contributed by atoms with Gasteiger partial charge in [-0.15, -0.1) is 0 Å². The molecule has 0 aliphatic carbocycles. The molecule has 2 aromatic carbocycles. The Bertz CT molecular complexity index is 646. The van der Waals surface area contributed by atoms with Gasteiger partial charge in [-0.25, -0.2) is 0 Å². The molecule has 1 aromatic heterocycles. The van der Waals surface area contributed by atoms with Gasteiger partial charge in [0, 0.05) is 10.5 Å². The van der Waals surface area contributed by atoms with E-state index in [9.17, 15) is 0 Å². The third kappa shape index (κ3) is 1.28. The molecule has 0 radical (unpaired) electrons. The lowest BCUT2D eigenvalue weighted by Crippen LogP contribution is -1.83. The third-order valence-corrected chi connectivity index (χ3v) is 3.75. The quantitative estimate of drug-likeness (QED) is 0.555. The zero-order valence-corrected chi connectivity index (χ0v) is 9.04. The largest absolute Gasteiger partial charge is 0.395 e. The zero-order valence-electron chi connectivity index (χ0n) is 8.14. The van der Waals surface area contributed by atoms with Crippen LogP contribution in [0, 0.1) is 0 Å². The summed E-state index contributed by atoms with van der Waals surface area (Å²) >= 11 is 0. The predicted octanol–water partition coefficient (Wildman–Crippen LogP) is 4.16. The van der Waals surface area contributed by atoms with E-state index in [1.807, 2.05) is 6.07 Å². The van der Waals surface area contributed by atoms with E-state index in [0.29, 0.717) is 0 Å². The summed E-state index contributed by atoms with van der Waals surface area (Å²) in [6.45, 7) is 0. The fraction of sp³-hybridized carbons (Fsp3) is 0. The highest BCUT2D eigenvalue weighted by Crippen LogP contribution is 2.37. The molecular formula is C13H10NP. The van der Waals surface area contributed by atoms with Crippen LogP contribution in [0.5, 0.6) is 0 Å². The van der Waals surface area contributed by atoms with Crippen molar-refractivity contribution in [3.63, 3.8) is 0 Å². The fourth-order valence-corrected chi connectivity index (χ4v) is 2.98. The van der Waals surface area contributed by atoms with Gasteiger partial charge in [0.05, 0.1) is 5.42 Å². The number of rotatable bonds is 0. The van der Waals surface area contributed by atoms with Gasteiger partial charge in [0.25, 0.3) is 0 Å². The maximum absolute atomic E-state index is 6.07. The van der Waals surface area contributed by atoms with Crippen molar-refractivity contribution in [2.45, 2.75) is 0 Å². The van der Waals surface area contributed by atoms with Gasteiger partial charge < -0.3 is 5.73 Å². The van der Waals surface area contributed by atoms with E-state index in [4.69, 9.17) is 5.73 Å². The van der Waals surface area contributed by atoms with Gasteiger partial charge in [0.2, 0.25) is 0 Å². The monoisotopic (exact) mass is 211 g/mol. The van der Waals surface area contributed by atoms with Crippen LogP contribution in [0.2, 0.25) is 0 Å². The fourth-order valence-electron chi connectivity index (χ4n) is 1.93. The van der Waals surface area contributed by atoms with Gasteiger partial charge >= 0.3 is 0 Å². The summed E-state index contributed by atoms with van der Waals surface area (Å²) in [6, 6.07) is 16.8. The third-order valence-electron chi connectivity index (χ3n) is 2.64. The summed E-state index contributed by atoms with van der Waals surface area (Å²) in [5, 5.41) is 5.04. The first kappa shape index (κ1) is 8.70. The van der Waals surface area contributed by atoms with Crippen LogP contribution in [0.25, 0.3) is 21.3 Å².